The Morgan fingerprint density at radius 1 is 1.19 bits per heavy atom. The van der Waals surface area contributed by atoms with Gasteiger partial charge in [0.1, 0.15) is 11.4 Å². The molecule has 1 aliphatic rings. The number of amides is 1. The van der Waals surface area contributed by atoms with E-state index in [2.05, 4.69) is 34.5 Å². The number of aromatic nitrogens is 1. The predicted molar refractivity (Wildman–Crippen MR) is 109 cm³/mol. The topological polar surface area (TPSA) is 46.5 Å². The first-order valence-electron chi connectivity index (χ1n) is 9.42. The van der Waals surface area contributed by atoms with Crippen molar-refractivity contribution in [1.82, 2.24) is 9.88 Å². The Morgan fingerprint density at radius 2 is 2.04 bits per heavy atom. The van der Waals surface area contributed by atoms with Gasteiger partial charge in [-0.25, -0.2) is 0 Å². The van der Waals surface area contributed by atoms with Crippen molar-refractivity contribution in [3.8, 4) is 5.75 Å². The third-order valence-corrected chi connectivity index (χ3v) is 5.36. The van der Waals surface area contributed by atoms with Gasteiger partial charge < -0.3 is 19.5 Å². The molecule has 5 heteroatoms. The third kappa shape index (κ3) is 3.37. The number of aryl methyl sites for hydroxylation is 1. The van der Waals surface area contributed by atoms with Gasteiger partial charge in [0.15, 0.2) is 0 Å². The van der Waals surface area contributed by atoms with Gasteiger partial charge in [0.2, 0.25) is 0 Å². The lowest BCUT2D eigenvalue weighted by Gasteiger charge is -2.19. The molecule has 0 saturated heterocycles. The Hall–Kier alpha value is -2.95. The maximum absolute atomic E-state index is 12.6. The number of hydrogen-bond acceptors (Lipinski definition) is 3. The van der Waals surface area contributed by atoms with Gasteiger partial charge in [-0.2, -0.15) is 0 Å². The molecule has 0 saturated carbocycles. The summed E-state index contributed by atoms with van der Waals surface area (Å²) in [6.45, 7) is 2.70. The fraction of sp³-hybridized carbons (Fsp3) is 0.318. The number of benzene rings is 2. The highest BCUT2D eigenvalue weighted by Crippen LogP contribution is 2.27. The highest BCUT2D eigenvalue weighted by atomic mass is 16.5. The minimum Gasteiger partial charge on any atom is -0.497 e. The van der Waals surface area contributed by atoms with Gasteiger partial charge in [0.05, 0.1) is 7.11 Å². The molecule has 1 N–H and O–H groups in total. The summed E-state index contributed by atoms with van der Waals surface area (Å²) in [6.07, 6.45) is 2.04. The number of carbonyl (C=O) groups excluding carboxylic acids is 1. The molecule has 0 bridgehead atoms. The molecule has 2 heterocycles. The number of methoxy groups -OCH3 is 1. The van der Waals surface area contributed by atoms with Gasteiger partial charge in [-0.05, 0) is 48.7 Å². The number of fused-ring (bicyclic) bond motifs is 2. The SMILES string of the molecule is COc1ccc2c(c1)cc(C(=O)NCCCN1CCc3ccccc31)n2C. The Morgan fingerprint density at radius 3 is 2.89 bits per heavy atom. The van der Waals surface area contributed by atoms with Crippen molar-refractivity contribution < 1.29 is 9.53 Å². The molecule has 1 aliphatic heterocycles. The predicted octanol–water partition coefficient (Wildman–Crippen LogP) is 3.37. The number of para-hydroxylation sites is 1. The van der Waals surface area contributed by atoms with Crippen molar-refractivity contribution in [3.05, 3.63) is 59.8 Å². The molecule has 1 aromatic heterocycles. The van der Waals surface area contributed by atoms with E-state index >= 15 is 0 Å². The minimum atomic E-state index is -0.0329. The average molecular weight is 363 g/mol. The van der Waals surface area contributed by atoms with Crippen molar-refractivity contribution in [3.63, 3.8) is 0 Å². The number of ether oxygens (including phenoxy) is 1. The molecule has 0 atom stereocenters. The molecular formula is C22H25N3O2. The maximum atomic E-state index is 12.6. The summed E-state index contributed by atoms with van der Waals surface area (Å²) < 4.78 is 7.20. The Labute approximate surface area is 159 Å². The molecular weight excluding hydrogens is 338 g/mol. The van der Waals surface area contributed by atoms with Gasteiger partial charge in [0.25, 0.3) is 5.91 Å². The summed E-state index contributed by atoms with van der Waals surface area (Å²) in [4.78, 5) is 15.0. The molecule has 3 aromatic rings. The van der Waals surface area contributed by atoms with Crippen LogP contribution in [-0.2, 0) is 13.5 Å². The average Bonchev–Trinajstić information content (AvgIpc) is 3.26. The van der Waals surface area contributed by atoms with Crippen LogP contribution < -0.4 is 15.0 Å². The van der Waals surface area contributed by atoms with Crippen LogP contribution in [0, 0.1) is 0 Å². The molecule has 2 aromatic carbocycles. The van der Waals surface area contributed by atoms with Crippen LogP contribution in [0.5, 0.6) is 5.75 Å². The van der Waals surface area contributed by atoms with Crippen LogP contribution in [0.2, 0.25) is 0 Å². The number of nitrogens with zero attached hydrogens (tertiary/aromatic N) is 2. The van der Waals surface area contributed by atoms with Crippen molar-refractivity contribution >= 4 is 22.5 Å². The van der Waals surface area contributed by atoms with Crippen molar-refractivity contribution in [1.29, 1.82) is 0 Å². The second-order valence-corrected chi connectivity index (χ2v) is 6.99. The fourth-order valence-electron chi connectivity index (χ4n) is 3.87. The van der Waals surface area contributed by atoms with Gasteiger partial charge in [-0.3, -0.25) is 4.79 Å². The zero-order valence-electron chi connectivity index (χ0n) is 15.9. The van der Waals surface area contributed by atoms with E-state index in [1.54, 1.807) is 7.11 Å². The van der Waals surface area contributed by atoms with Gasteiger partial charge in [-0.1, -0.05) is 18.2 Å². The third-order valence-electron chi connectivity index (χ3n) is 5.36. The van der Waals surface area contributed by atoms with E-state index < -0.39 is 0 Å². The molecule has 5 nitrogen and oxygen atoms in total. The highest BCUT2D eigenvalue weighted by Gasteiger charge is 2.18. The van der Waals surface area contributed by atoms with Crippen LogP contribution in [0.1, 0.15) is 22.5 Å². The summed E-state index contributed by atoms with van der Waals surface area (Å²) in [5.74, 6) is 0.764. The van der Waals surface area contributed by atoms with E-state index in [-0.39, 0.29) is 5.91 Å². The molecule has 4 rings (SSSR count). The van der Waals surface area contributed by atoms with E-state index in [0.717, 1.165) is 42.6 Å². The summed E-state index contributed by atoms with van der Waals surface area (Å²) in [6, 6.07) is 16.3. The Bertz CT molecular complexity index is 977. The first-order chi connectivity index (χ1) is 13.2. The largest absolute Gasteiger partial charge is 0.497 e. The van der Waals surface area contributed by atoms with Gasteiger partial charge >= 0.3 is 0 Å². The van der Waals surface area contributed by atoms with Crippen molar-refractivity contribution in [2.24, 2.45) is 7.05 Å². The zero-order chi connectivity index (χ0) is 18.8. The summed E-state index contributed by atoms with van der Waals surface area (Å²) >= 11 is 0. The van der Waals surface area contributed by atoms with E-state index in [9.17, 15) is 4.79 Å². The molecule has 0 fully saturated rings. The molecule has 140 valence electrons. The highest BCUT2D eigenvalue weighted by molar-refractivity contribution is 5.99. The summed E-state index contributed by atoms with van der Waals surface area (Å²) in [7, 11) is 3.57. The second-order valence-electron chi connectivity index (χ2n) is 6.99. The lowest BCUT2D eigenvalue weighted by Crippen LogP contribution is -2.30. The van der Waals surface area contributed by atoms with Crippen molar-refractivity contribution in [2.75, 3.05) is 31.6 Å². The quantitative estimate of drug-likeness (QED) is 0.683. The molecule has 0 unspecified atom stereocenters. The molecule has 0 spiro atoms. The second kappa shape index (κ2) is 7.35. The number of hydrogen-bond donors (Lipinski definition) is 1. The zero-order valence-corrected chi connectivity index (χ0v) is 15.9. The van der Waals surface area contributed by atoms with Crippen LogP contribution >= 0.6 is 0 Å². The maximum Gasteiger partial charge on any atom is 0.267 e. The van der Waals surface area contributed by atoms with Crippen LogP contribution in [-0.4, -0.2) is 37.2 Å². The van der Waals surface area contributed by atoms with Crippen LogP contribution in [0.15, 0.2) is 48.5 Å². The van der Waals surface area contributed by atoms with Gasteiger partial charge in [-0.15, -0.1) is 0 Å². The number of nitrogens with one attached hydrogen (secondary N) is 1. The lowest BCUT2D eigenvalue weighted by molar-refractivity contribution is 0.0945. The number of anilines is 1. The van der Waals surface area contributed by atoms with E-state index in [1.165, 1.54) is 11.3 Å². The van der Waals surface area contributed by atoms with Gasteiger partial charge in [0, 0.05) is 43.3 Å². The molecule has 27 heavy (non-hydrogen) atoms. The number of rotatable bonds is 6. The van der Waals surface area contributed by atoms with Crippen molar-refractivity contribution in [2.45, 2.75) is 12.8 Å². The Kier molecular flexibility index (Phi) is 4.75. The monoisotopic (exact) mass is 363 g/mol. The summed E-state index contributed by atoms with van der Waals surface area (Å²) in [5.41, 5.74) is 4.46. The van der Waals surface area contributed by atoms with E-state index in [4.69, 9.17) is 4.74 Å². The lowest BCUT2D eigenvalue weighted by atomic mass is 10.2. The molecule has 0 aliphatic carbocycles. The van der Waals surface area contributed by atoms with E-state index in [1.807, 2.05) is 35.9 Å². The van der Waals surface area contributed by atoms with E-state index in [0.29, 0.717) is 12.2 Å². The standard InChI is InChI=1S/C22H25N3O2/c1-24-19-9-8-18(27-2)14-17(19)15-21(24)22(26)23-11-5-12-25-13-10-16-6-3-4-7-20(16)25/h3-4,6-9,14-15H,5,10-13H2,1-2H3,(H,23,26). The normalized spacial score (nSPS) is 13.0. The summed E-state index contributed by atoms with van der Waals surface area (Å²) in [5, 5.41) is 4.07. The first kappa shape index (κ1) is 17.5. The first-order valence-corrected chi connectivity index (χ1v) is 9.42. The van der Waals surface area contributed by atoms with Crippen LogP contribution in [0.25, 0.3) is 10.9 Å². The van der Waals surface area contributed by atoms with Crippen LogP contribution in [0.4, 0.5) is 5.69 Å². The minimum absolute atomic E-state index is 0.0329. The molecule has 0 radical (unpaired) electrons. The number of carbonyl (C=O) groups is 1. The smallest absolute Gasteiger partial charge is 0.267 e. The van der Waals surface area contributed by atoms with Crippen LogP contribution in [0.3, 0.4) is 0 Å². The molecule has 1 amide bonds. The Balaban J connectivity index is 1.35. The fourth-order valence-corrected chi connectivity index (χ4v) is 3.87.